The fourth-order valence-corrected chi connectivity index (χ4v) is 3.71. The van der Waals surface area contributed by atoms with Crippen molar-refractivity contribution in [3.8, 4) is 0 Å². The summed E-state index contributed by atoms with van der Waals surface area (Å²) in [5, 5.41) is 0.582. The molecule has 0 unspecified atom stereocenters. The Bertz CT molecular complexity index is 726. The second-order valence-electron chi connectivity index (χ2n) is 5.98. The van der Waals surface area contributed by atoms with Gasteiger partial charge in [0.15, 0.2) is 0 Å². The molecule has 9 heteroatoms. The molecule has 1 fully saturated rings. The Hall–Kier alpha value is -1.12. The molecule has 1 aliphatic rings. The van der Waals surface area contributed by atoms with Gasteiger partial charge >= 0.3 is 5.97 Å². The molecular weight excluding hydrogens is 427 g/mol. The predicted molar refractivity (Wildman–Crippen MR) is 117 cm³/mol. The Morgan fingerprint density at radius 2 is 2.07 bits per heavy atom. The zero-order valence-corrected chi connectivity index (χ0v) is 18.3. The Morgan fingerprint density at radius 1 is 1.37 bits per heavy atom. The number of amides is 1. The lowest BCUT2D eigenvalue weighted by Crippen LogP contribution is -2.29. The van der Waals surface area contributed by atoms with Crippen molar-refractivity contribution < 1.29 is 14.3 Å². The first kappa shape index (κ1) is 23.9. The molecule has 0 saturated carbocycles. The Balaban J connectivity index is 0.00000364. The van der Waals surface area contributed by atoms with Crippen LogP contribution < -0.4 is 0 Å². The molecule has 1 aliphatic heterocycles. The first-order valence-electron chi connectivity index (χ1n) is 8.18. The van der Waals surface area contributed by atoms with E-state index in [1.807, 2.05) is 37.2 Å². The van der Waals surface area contributed by atoms with Crippen LogP contribution in [0.2, 0.25) is 5.02 Å². The van der Waals surface area contributed by atoms with E-state index in [0.717, 1.165) is 5.56 Å². The average Bonchev–Trinajstić information content (AvgIpc) is 2.84. The molecule has 5 nitrogen and oxygen atoms in total. The van der Waals surface area contributed by atoms with Gasteiger partial charge in [-0.3, -0.25) is 14.5 Å². The molecule has 2 rings (SSSR count). The smallest absolute Gasteiger partial charge is 0.305 e. The van der Waals surface area contributed by atoms with Gasteiger partial charge in [0, 0.05) is 24.5 Å². The molecular formula is C18H22Cl2N2O3S2. The van der Waals surface area contributed by atoms with Crippen LogP contribution in [0, 0.1) is 0 Å². The molecule has 1 heterocycles. The maximum atomic E-state index is 12.5. The van der Waals surface area contributed by atoms with Gasteiger partial charge in [-0.25, -0.2) is 0 Å². The average molecular weight is 449 g/mol. The summed E-state index contributed by atoms with van der Waals surface area (Å²) in [6.07, 6.45) is 2.51. The van der Waals surface area contributed by atoms with Crippen LogP contribution in [0.15, 0.2) is 29.2 Å². The number of carbonyl (C=O) groups is 2. The third-order valence-corrected chi connectivity index (χ3v) is 5.35. The van der Waals surface area contributed by atoms with E-state index in [4.69, 9.17) is 28.6 Å². The summed E-state index contributed by atoms with van der Waals surface area (Å²) < 4.78 is 5.63. The highest BCUT2D eigenvalue weighted by Crippen LogP contribution is 2.33. The van der Waals surface area contributed by atoms with Crippen LogP contribution in [-0.2, 0) is 14.3 Å². The summed E-state index contributed by atoms with van der Waals surface area (Å²) in [5.74, 6) is -0.412. The van der Waals surface area contributed by atoms with Gasteiger partial charge in [-0.1, -0.05) is 53.8 Å². The highest BCUT2D eigenvalue weighted by Gasteiger charge is 2.31. The maximum absolute atomic E-state index is 12.5. The Kier molecular flexibility index (Phi) is 10.3. The second kappa shape index (κ2) is 11.7. The van der Waals surface area contributed by atoms with Crippen molar-refractivity contribution in [1.82, 2.24) is 9.80 Å². The SMILES string of the molecule is CN(C)CCOC(=O)CCCN1C(=O)/C(=C/c2ccccc2Cl)SC1=S.Cl. The Labute approximate surface area is 180 Å². The van der Waals surface area contributed by atoms with Gasteiger partial charge in [0.05, 0.1) is 4.91 Å². The summed E-state index contributed by atoms with van der Waals surface area (Å²) in [5.41, 5.74) is 0.777. The third-order valence-electron chi connectivity index (χ3n) is 3.63. The molecule has 0 bridgehead atoms. The number of ether oxygens (including phenoxy) is 1. The molecule has 0 aliphatic carbocycles. The van der Waals surface area contributed by atoms with Crippen LogP contribution in [0.1, 0.15) is 18.4 Å². The van der Waals surface area contributed by atoms with Crippen molar-refractivity contribution >= 4 is 70.3 Å². The molecule has 27 heavy (non-hydrogen) atoms. The number of hydrogen-bond acceptors (Lipinski definition) is 6. The number of nitrogens with zero attached hydrogens (tertiary/aromatic N) is 2. The van der Waals surface area contributed by atoms with Gasteiger partial charge < -0.3 is 9.64 Å². The quantitative estimate of drug-likeness (QED) is 0.342. The van der Waals surface area contributed by atoms with Crippen LogP contribution in [-0.4, -0.2) is 59.8 Å². The van der Waals surface area contributed by atoms with Crippen molar-refractivity contribution in [1.29, 1.82) is 0 Å². The van der Waals surface area contributed by atoms with E-state index in [-0.39, 0.29) is 30.7 Å². The van der Waals surface area contributed by atoms with Crippen LogP contribution in [0.5, 0.6) is 0 Å². The number of carbonyl (C=O) groups excluding carboxylic acids is 2. The maximum Gasteiger partial charge on any atom is 0.305 e. The lowest BCUT2D eigenvalue weighted by Gasteiger charge is -2.14. The molecule has 1 saturated heterocycles. The number of likely N-dealkylation sites (N-methyl/N-ethyl adjacent to an activating group) is 1. The summed E-state index contributed by atoms with van der Waals surface area (Å²) in [4.78, 5) is 28.2. The number of thiocarbonyl (C=S) groups is 1. The largest absolute Gasteiger partial charge is 0.464 e. The predicted octanol–water partition coefficient (Wildman–Crippen LogP) is 3.85. The van der Waals surface area contributed by atoms with E-state index in [9.17, 15) is 9.59 Å². The second-order valence-corrected chi connectivity index (χ2v) is 8.07. The molecule has 148 valence electrons. The van der Waals surface area contributed by atoms with Crippen LogP contribution >= 0.6 is 48.0 Å². The zero-order chi connectivity index (χ0) is 19.1. The minimum Gasteiger partial charge on any atom is -0.464 e. The summed E-state index contributed by atoms with van der Waals surface area (Å²) >= 11 is 12.7. The third kappa shape index (κ3) is 7.43. The minimum absolute atomic E-state index is 0. The van der Waals surface area contributed by atoms with Crippen molar-refractivity contribution in [2.75, 3.05) is 33.8 Å². The van der Waals surface area contributed by atoms with Gasteiger partial charge in [0.1, 0.15) is 10.9 Å². The molecule has 0 atom stereocenters. The topological polar surface area (TPSA) is 49.9 Å². The number of esters is 1. The number of halogens is 2. The number of thioether (sulfide) groups is 1. The summed E-state index contributed by atoms with van der Waals surface area (Å²) in [6, 6.07) is 7.32. The normalized spacial score (nSPS) is 15.4. The highest BCUT2D eigenvalue weighted by molar-refractivity contribution is 8.26. The van der Waals surface area contributed by atoms with Crippen molar-refractivity contribution in [3.05, 3.63) is 39.8 Å². The lowest BCUT2D eigenvalue weighted by molar-refractivity contribution is -0.144. The van der Waals surface area contributed by atoms with Gasteiger partial charge in [-0.05, 0) is 38.2 Å². The molecule has 1 amide bonds. The van der Waals surface area contributed by atoms with E-state index >= 15 is 0 Å². The zero-order valence-electron chi connectivity index (χ0n) is 15.1. The van der Waals surface area contributed by atoms with E-state index in [2.05, 4.69) is 0 Å². The fourth-order valence-electron chi connectivity index (χ4n) is 2.22. The molecule has 1 aromatic rings. The molecule has 1 aromatic carbocycles. The molecule has 0 N–H and O–H groups in total. The minimum atomic E-state index is -0.260. The Morgan fingerprint density at radius 3 is 2.74 bits per heavy atom. The standard InChI is InChI=1S/C18H21ClN2O3S2.ClH/c1-20(2)10-11-24-16(22)8-5-9-21-17(23)15(26-18(21)25)12-13-6-3-4-7-14(13)19;/h3-4,6-7,12H,5,8-11H2,1-2H3;1H/b15-12-;. The van der Waals surface area contributed by atoms with Crippen LogP contribution in [0.4, 0.5) is 0 Å². The van der Waals surface area contributed by atoms with Gasteiger partial charge in [-0.15, -0.1) is 12.4 Å². The first-order chi connectivity index (χ1) is 12.4. The van der Waals surface area contributed by atoms with Gasteiger partial charge in [-0.2, -0.15) is 0 Å². The molecule has 0 aromatic heterocycles. The molecule has 0 radical (unpaired) electrons. The van der Waals surface area contributed by atoms with E-state index in [1.165, 1.54) is 16.7 Å². The highest BCUT2D eigenvalue weighted by atomic mass is 35.5. The number of rotatable bonds is 8. The van der Waals surface area contributed by atoms with E-state index in [0.29, 0.717) is 40.4 Å². The van der Waals surface area contributed by atoms with Crippen molar-refractivity contribution in [2.45, 2.75) is 12.8 Å². The van der Waals surface area contributed by atoms with E-state index < -0.39 is 0 Å². The van der Waals surface area contributed by atoms with Crippen molar-refractivity contribution in [2.24, 2.45) is 0 Å². The summed E-state index contributed by atoms with van der Waals surface area (Å²) in [7, 11) is 3.83. The van der Waals surface area contributed by atoms with Crippen molar-refractivity contribution in [3.63, 3.8) is 0 Å². The fraction of sp³-hybridized carbons (Fsp3) is 0.389. The van der Waals surface area contributed by atoms with E-state index in [1.54, 1.807) is 12.1 Å². The van der Waals surface area contributed by atoms with Gasteiger partial charge in [0.25, 0.3) is 5.91 Å². The van der Waals surface area contributed by atoms with Gasteiger partial charge in [0.2, 0.25) is 0 Å². The first-order valence-corrected chi connectivity index (χ1v) is 9.79. The lowest BCUT2D eigenvalue weighted by atomic mass is 10.2. The monoisotopic (exact) mass is 448 g/mol. The van der Waals surface area contributed by atoms with Crippen LogP contribution in [0.3, 0.4) is 0 Å². The number of hydrogen-bond donors (Lipinski definition) is 0. The molecule has 0 spiro atoms. The number of benzene rings is 1. The summed E-state index contributed by atoms with van der Waals surface area (Å²) in [6.45, 7) is 1.45. The van der Waals surface area contributed by atoms with Crippen LogP contribution in [0.25, 0.3) is 6.08 Å².